The Kier molecular flexibility index (Phi) is 5.44. The second kappa shape index (κ2) is 7.36. The van der Waals surface area contributed by atoms with E-state index in [1.165, 1.54) is 0 Å². The van der Waals surface area contributed by atoms with Crippen LogP contribution in [0.3, 0.4) is 0 Å². The van der Waals surface area contributed by atoms with Crippen LogP contribution in [0.1, 0.15) is 12.8 Å². The molecule has 2 aromatic rings. The summed E-state index contributed by atoms with van der Waals surface area (Å²) in [5.74, 6) is -1.73. The number of carboxylic acids is 1. The maximum atomic E-state index is 12.4. The van der Waals surface area contributed by atoms with E-state index in [0.29, 0.717) is 11.3 Å². The molecule has 0 spiro atoms. The summed E-state index contributed by atoms with van der Waals surface area (Å²) in [5.41, 5.74) is -0.241. The van der Waals surface area contributed by atoms with Crippen molar-refractivity contribution in [2.75, 3.05) is 5.32 Å². The van der Waals surface area contributed by atoms with Gasteiger partial charge in [0.15, 0.2) is 5.13 Å². The number of nitro benzene ring substituents is 1. The molecule has 0 fully saturated rings. The summed E-state index contributed by atoms with van der Waals surface area (Å²) in [6.07, 6.45) is 0.429. The lowest BCUT2D eigenvalue weighted by Gasteiger charge is -2.01. The number of nitro groups is 1. The second-order valence-electron chi connectivity index (χ2n) is 4.68. The first-order chi connectivity index (χ1) is 11.7. The first kappa shape index (κ1) is 18.5. The Morgan fingerprint density at radius 3 is 2.44 bits per heavy atom. The van der Waals surface area contributed by atoms with Crippen LogP contribution in [0.2, 0.25) is 0 Å². The number of benzene rings is 1. The van der Waals surface area contributed by atoms with Gasteiger partial charge in [-0.25, -0.2) is 13.4 Å². The molecule has 0 bridgehead atoms. The number of nitrogens with one attached hydrogen (secondary N) is 1. The predicted octanol–water partition coefficient (Wildman–Crippen LogP) is 1.69. The summed E-state index contributed by atoms with van der Waals surface area (Å²) in [7, 11) is -3.93. The molecule has 0 aliphatic heterocycles. The van der Waals surface area contributed by atoms with Crippen molar-refractivity contribution in [2.24, 2.45) is 0 Å². The van der Waals surface area contributed by atoms with E-state index in [0.717, 1.165) is 30.5 Å². The molecule has 12 heteroatoms. The molecule has 0 unspecified atom stereocenters. The Morgan fingerprint density at radius 2 is 1.88 bits per heavy atom. The van der Waals surface area contributed by atoms with Gasteiger partial charge in [0, 0.05) is 18.6 Å². The molecule has 2 N–H and O–H groups in total. The Hall–Kier alpha value is -2.86. The van der Waals surface area contributed by atoms with Gasteiger partial charge >= 0.3 is 5.97 Å². The topological polar surface area (TPSA) is 157 Å². The molecule has 132 valence electrons. The molecule has 1 amide bonds. The molecule has 1 aromatic heterocycles. The fourth-order valence-electron chi connectivity index (χ4n) is 1.71. The van der Waals surface area contributed by atoms with E-state index in [9.17, 15) is 28.1 Å². The fourth-order valence-corrected chi connectivity index (χ4v) is 4.16. The van der Waals surface area contributed by atoms with Gasteiger partial charge in [-0.2, -0.15) is 0 Å². The molecule has 2 rings (SSSR count). The molecule has 0 aliphatic rings. The Labute approximate surface area is 145 Å². The number of carbonyl (C=O) groups excluding carboxylic acids is 1. The summed E-state index contributed by atoms with van der Waals surface area (Å²) >= 11 is 0.695. The number of carboxylic acid groups (broad SMARTS) is 1. The van der Waals surface area contributed by atoms with Crippen LogP contribution in [0.15, 0.2) is 39.6 Å². The lowest BCUT2D eigenvalue weighted by Crippen LogP contribution is -2.12. The van der Waals surface area contributed by atoms with Gasteiger partial charge in [0.2, 0.25) is 15.7 Å². The minimum absolute atomic E-state index is 0.0101. The third-order valence-corrected chi connectivity index (χ3v) is 6.06. The lowest BCUT2D eigenvalue weighted by molar-refractivity contribution is -0.384. The predicted molar refractivity (Wildman–Crippen MR) is 86.2 cm³/mol. The number of sulfone groups is 1. The van der Waals surface area contributed by atoms with Gasteiger partial charge in [-0.1, -0.05) is 11.3 Å². The van der Waals surface area contributed by atoms with Crippen molar-refractivity contribution in [1.82, 2.24) is 4.98 Å². The van der Waals surface area contributed by atoms with E-state index in [1.54, 1.807) is 0 Å². The van der Waals surface area contributed by atoms with E-state index < -0.39 is 26.6 Å². The summed E-state index contributed by atoms with van der Waals surface area (Å²) < 4.78 is 24.7. The number of aromatic nitrogens is 1. The number of amides is 1. The molecule has 0 radical (unpaired) electrons. The first-order valence-corrected chi connectivity index (χ1v) is 8.97. The van der Waals surface area contributed by atoms with Crippen LogP contribution >= 0.6 is 11.3 Å². The standard InChI is InChI=1S/C13H11N3O7S2/c17-10(5-6-11(18)19)15-13-14-7-12(24-13)25(22,23)9-3-1-8(2-4-9)16(20)21/h1-4,7H,5-6H2,(H,18,19)(H,14,15,17). The number of hydrogen-bond acceptors (Lipinski definition) is 8. The third kappa shape index (κ3) is 4.58. The zero-order valence-corrected chi connectivity index (χ0v) is 14.0. The highest BCUT2D eigenvalue weighted by Gasteiger charge is 2.22. The average molecular weight is 385 g/mol. The quantitative estimate of drug-likeness (QED) is 0.538. The number of thiazole rings is 1. The number of aliphatic carboxylic acids is 1. The van der Waals surface area contributed by atoms with Gasteiger partial charge in [0.05, 0.1) is 22.4 Å². The maximum Gasteiger partial charge on any atom is 0.303 e. The number of carbonyl (C=O) groups is 2. The number of rotatable bonds is 7. The molecule has 25 heavy (non-hydrogen) atoms. The van der Waals surface area contributed by atoms with Crippen molar-refractivity contribution >= 4 is 43.9 Å². The van der Waals surface area contributed by atoms with Crippen LogP contribution in [0, 0.1) is 10.1 Å². The van der Waals surface area contributed by atoms with Crippen LogP contribution in [-0.2, 0) is 19.4 Å². The lowest BCUT2D eigenvalue weighted by atomic mass is 10.3. The van der Waals surface area contributed by atoms with Crippen LogP contribution in [0.5, 0.6) is 0 Å². The molecule has 10 nitrogen and oxygen atoms in total. The van der Waals surface area contributed by atoms with Gasteiger partial charge in [-0.05, 0) is 12.1 Å². The third-order valence-electron chi connectivity index (χ3n) is 2.92. The van der Waals surface area contributed by atoms with E-state index in [2.05, 4.69) is 10.3 Å². The first-order valence-electron chi connectivity index (χ1n) is 6.67. The van der Waals surface area contributed by atoms with E-state index in [4.69, 9.17) is 5.11 Å². The van der Waals surface area contributed by atoms with Crippen molar-refractivity contribution in [1.29, 1.82) is 0 Å². The molecule has 0 saturated carbocycles. The largest absolute Gasteiger partial charge is 0.481 e. The van der Waals surface area contributed by atoms with Gasteiger partial charge < -0.3 is 10.4 Å². The average Bonchev–Trinajstić information content (AvgIpc) is 3.02. The monoisotopic (exact) mass is 385 g/mol. The molecule has 1 aromatic carbocycles. The van der Waals surface area contributed by atoms with Gasteiger partial charge in [0.1, 0.15) is 4.21 Å². The van der Waals surface area contributed by atoms with Crippen molar-refractivity contribution in [3.8, 4) is 0 Å². The van der Waals surface area contributed by atoms with Crippen molar-refractivity contribution < 1.29 is 28.0 Å². The van der Waals surface area contributed by atoms with Gasteiger partial charge in [0.25, 0.3) is 5.69 Å². The molecule has 0 saturated heterocycles. The van der Waals surface area contributed by atoms with Gasteiger partial charge in [-0.3, -0.25) is 19.7 Å². The summed E-state index contributed by atoms with van der Waals surface area (Å²) in [5, 5.41) is 21.4. The number of nitrogens with zero attached hydrogens (tertiary/aromatic N) is 2. The Morgan fingerprint density at radius 1 is 1.24 bits per heavy atom. The number of hydrogen-bond donors (Lipinski definition) is 2. The SMILES string of the molecule is O=C(O)CCC(=O)Nc1ncc(S(=O)(=O)c2ccc([N+](=O)[O-])cc2)s1. The zero-order valence-electron chi connectivity index (χ0n) is 12.4. The minimum atomic E-state index is -3.93. The van der Waals surface area contributed by atoms with Crippen LogP contribution < -0.4 is 5.32 Å². The zero-order chi connectivity index (χ0) is 18.6. The van der Waals surface area contributed by atoms with Crippen molar-refractivity contribution in [3.05, 3.63) is 40.6 Å². The van der Waals surface area contributed by atoms with E-state index in [-0.39, 0.29) is 32.8 Å². The molecular formula is C13H11N3O7S2. The van der Waals surface area contributed by atoms with Crippen molar-refractivity contribution in [2.45, 2.75) is 21.9 Å². The Bertz CT molecular complexity index is 919. The van der Waals surface area contributed by atoms with Crippen molar-refractivity contribution in [3.63, 3.8) is 0 Å². The molecular weight excluding hydrogens is 374 g/mol. The second-order valence-corrected chi connectivity index (χ2v) is 7.89. The van der Waals surface area contributed by atoms with E-state index >= 15 is 0 Å². The van der Waals surface area contributed by atoms with Gasteiger partial charge in [-0.15, -0.1) is 0 Å². The summed E-state index contributed by atoms with van der Waals surface area (Å²) in [6, 6.07) is 4.36. The summed E-state index contributed by atoms with van der Waals surface area (Å²) in [4.78, 5) is 35.5. The highest BCUT2D eigenvalue weighted by Crippen LogP contribution is 2.29. The smallest absolute Gasteiger partial charge is 0.303 e. The molecule has 1 heterocycles. The highest BCUT2D eigenvalue weighted by atomic mass is 32.2. The van der Waals surface area contributed by atoms with Crippen LogP contribution in [0.4, 0.5) is 10.8 Å². The fraction of sp³-hybridized carbons (Fsp3) is 0.154. The highest BCUT2D eigenvalue weighted by molar-refractivity contribution is 7.93. The molecule has 0 atom stereocenters. The number of anilines is 1. The molecule has 0 aliphatic carbocycles. The normalized spacial score (nSPS) is 11.0. The van der Waals surface area contributed by atoms with Crippen LogP contribution in [-0.4, -0.2) is 35.3 Å². The maximum absolute atomic E-state index is 12.4. The summed E-state index contributed by atoms with van der Waals surface area (Å²) in [6.45, 7) is 0. The van der Waals surface area contributed by atoms with E-state index in [1.807, 2.05) is 0 Å². The minimum Gasteiger partial charge on any atom is -0.481 e. The number of non-ortho nitro benzene ring substituents is 1. The Balaban J connectivity index is 2.15. The van der Waals surface area contributed by atoms with Crippen LogP contribution in [0.25, 0.3) is 0 Å².